The molecule has 0 aliphatic carbocycles. The SMILES string of the molecule is CNC(=O)c1cc(C(=O)NCCOC)cc(C(=O)NCCN(CCNC(=O)c2cc(C(=O)NCCOC)cc(C(=O)NC)c2CO)CCN(CCNC(=O)c2cc(C(=O)NCCOC)cc(C(=O)NC)c2OC)CCNC(=O)c2cc(C(=O)NCCOC)cc(C(=O)NC)c2OC)c1CO. The van der Waals surface area contributed by atoms with Crippen molar-refractivity contribution in [2.75, 3.05) is 189 Å². The van der Waals surface area contributed by atoms with Crippen LogP contribution < -0.4 is 73.3 Å². The van der Waals surface area contributed by atoms with Gasteiger partial charge in [-0.1, -0.05) is 0 Å². The van der Waals surface area contributed by atoms with Gasteiger partial charge in [-0.25, -0.2) is 0 Å². The molecule has 34 heteroatoms. The fraction of sp³-hybridized carbons (Fsp3) is 0.455. The van der Waals surface area contributed by atoms with Gasteiger partial charge in [-0.2, -0.15) is 0 Å². The molecule has 4 rings (SSSR count). The van der Waals surface area contributed by atoms with E-state index in [0.29, 0.717) is 0 Å². The maximum Gasteiger partial charge on any atom is 0.255 e. The first-order valence-corrected chi connectivity index (χ1v) is 31.6. The van der Waals surface area contributed by atoms with Crippen molar-refractivity contribution in [2.24, 2.45) is 0 Å². The number of aliphatic hydroxyl groups excluding tert-OH is 2. The Morgan fingerprint density at radius 3 is 0.710 bits per heavy atom. The molecule has 4 aromatic rings. The summed E-state index contributed by atoms with van der Waals surface area (Å²) in [4.78, 5) is 167. The van der Waals surface area contributed by atoms with Gasteiger partial charge < -0.3 is 102 Å². The van der Waals surface area contributed by atoms with E-state index in [2.05, 4.69) is 63.8 Å². The monoisotopic (exact) mass is 1400 g/mol. The number of nitrogens with zero attached hydrogens (tertiary/aromatic N) is 2. The average Bonchev–Trinajstić information content (AvgIpc) is 0.822. The van der Waals surface area contributed by atoms with E-state index in [0.717, 1.165) is 0 Å². The molecule has 0 aromatic heterocycles. The summed E-state index contributed by atoms with van der Waals surface area (Å²) in [6.45, 7) is -0.868. The highest BCUT2D eigenvalue weighted by molar-refractivity contribution is 6.11. The minimum absolute atomic E-state index is 0.00240. The van der Waals surface area contributed by atoms with Crippen LogP contribution in [0.15, 0.2) is 48.5 Å². The lowest BCUT2D eigenvalue weighted by molar-refractivity contribution is 0.0911. The van der Waals surface area contributed by atoms with Gasteiger partial charge in [0.25, 0.3) is 70.9 Å². The average molecular weight is 1400 g/mol. The van der Waals surface area contributed by atoms with E-state index in [-0.39, 0.29) is 207 Å². The summed E-state index contributed by atoms with van der Waals surface area (Å²) in [5, 5.41) is 52.9. The van der Waals surface area contributed by atoms with Crippen LogP contribution in [0.1, 0.15) is 135 Å². The third-order valence-corrected chi connectivity index (χ3v) is 15.3. The Bertz CT molecular complexity index is 3100. The van der Waals surface area contributed by atoms with Crippen LogP contribution in [0, 0.1) is 0 Å². The first-order valence-electron chi connectivity index (χ1n) is 31.6. The number of hydrogen-bond acceptors (Lipinski definition) is 22. The molecular formula is C66H92N14O20. The number of rotatable bonds is 43. The van der Waals surface area contributed by atoms with E-state index in [1.54, 1.807) is 4.90 Å². The predicted molar refractivity (Wildman–Crippen MR) is 363 cm³/mol. The van der Waals surface area contributed by atoms with Gasteiger partial charge in [0.15, 0.2) is 0 Å². The van der Waals surface area contributed by atoms with E-state index in [4.69, 9.17) is 28.4 Å². The number of methoxy groups -OCH3 is 6. The smallest absolute Gasteiger partial charge is 0.255 e. The van der Waals surface area contributed by atoms with E-state index in [1.807, 2.05) is 4.90 Å². The second-order valence-electron chi connectivity index (χ2n) is 21.6. The molecule has 4 aromatic carbocycles. The number of benzene rings is 4. The summed E-state index contributed by atoms with van der Waals surface area (Å²) >= 11 is 0. The molecule has 0 atom stereocenters. The quantitative estimate of drug-likeness (QED) is 0.0200. The van der Waals surface area contributed by atoms with Crippen molar-refractivity contribution in [1.29, 1.82) is 0 Å². The summed E-state index contributed by atoms with van der Waals surface area (Å²) in [7, 11) is 13.7. The molecule has 0 saturated heterocycles. The highest BCUT2D eigenvalue weighted by Gasteiger charge is 2.29. The van der Waals surface area contributed by atoms with E-state index in [1.165, 1.54) is 119 Å². The Morgan fingerprint density at radius 2 is 0.490 bits per heavy atom. The molecule has 100 heavy (non-hydrogen) atoms. The second kappa shape index (κ2) is 43.3. The molecule has 0 aliphatic heterocycles. The highest BCUT2D eigenvalue weighted by Crippen LogP contribution is 2.29. The van der Waals surface area contributed by atoms with Crippen LogP contribution in [0.2, 0.25) is 0 Å². The van der Waals surface area contributed by atoms with Gasteiger partial charge in [0.05, 0.1) is 76.1 Å². The van der Waals surface area contributed by atoms with Crippen LogP contribution in [0.25, 0.3) is 0 Å². The van der Waals surface area contributed by atoms with Crippen LogP contribution in [-0.2, 0) is 32.2 Å². The van der Waals surface area contributed by atoms with Crippen molar-refractivity contribution in [3.05, 3.63) is 126 Å². The van der Waals surface area contributed by atoms with E-state index in [9.17, 15) is 67.7 Å². The van der Waals surface area contributed by atoms with Crippen molar-refractivity contribution in [3.8, 4) is 11.5 Å². The Labute approximate surface area is 578 Å². The maximum absolute atomic E-state index is 14.3. The molecule has 0 unspecified atom stereocenters. The van der Waals surface area contributed by atoms with Crippen molar-refractivity contribution < 1.29 is 96.2 Å². The van der Waals surface area contributed by atoms with Crippen LogP contribution in [0.3, 0.4) is 0 Å². The fourth-order valence-electron chi connectivity index (χ4n) is 10.0. The summed E-state index contributed by atoms with van der Waals surface area (Å²) in [5.41, 5.74) is -1.67. The zero-order valence-corrected chi connectivity index (χ0v) is 57.9. The zero-order valence-electron chi connectivity index (χ0n) is 57.9. The molecule has 0 aliphatic rings. The molecule has 546 valence electrons. The number of hydrogen-bond donors (Lipinski definition) is 14. The molecule has 0 bridgehead atoms. The Kier molecular flexibility index (Phi) is 35.6. The number of carbonyl (C=O) groups is 12. The third kappa shape index (κ3) is 23.8. The standard InChI is InChI=1S/C66H92N14O20/c1-67-59(87)43-29-39(55(83)75-15-25-95-5)31-45(51(43)37-81)63(91)71-11-19-79(20-12-72-64(92)46-32-40(56(84)76-16-26-96-6)30-44(52(46)38-82)60(88)68-2)23-24-80(21-13-73-65(93)49-35-41(57(85)77-17-27-97-7)33-47(53(49)99-9)61(89)69-3)22-14-74-66(94)50-36-42(58(86)78-18-28-98-8)34-48(54(50)100-10)62(90)70-4/h29-36,81-82H,11-28,37-38H2,1-10H3,(H,67,87)(H,68,88)(H,69,89)(H,70,90)(H,71,91)(H,72,92)(H,73,93)(H,74,94)(H,75,83)(H,76,84)(H,77,85)(H,78,86). The first-order chi connectivity index (χ1) is 48.1. The largest absolute Gasteiger partial charge is 0.495 e. The fourth-order valence-corrected chi connectivity index (χ4v) is 10.0. The first kappa shape index (κ1) is 82.2. The summed E-state index contributed by atoms with van der Waals surface area (Å²) in [6, 6.07) is 10.0. The van der Waals surface area contributed by atoms with Gasteiger partial charge in [-0.3, -0.25) is 67.3 Å². The molecule has 12 amide bonds. The molecule has 0 saturated carbocycles. The molecule has 0 fully saturated rings. The number of carbonyl (C=O) groups excluding carboxylic acids is 12. The topological polar surface area (TPSA) is 452 Å². The normalized spacial score (nSPS) is 10.8. The van der Waals surface area contributed by atoms with Crippen molar-refractivity contribution in [3.63, 3.8) is 0 Å². The number of amides is 12. The van der Waals surface area contributed by atoms with Gasteiger partial charge in [0.1, 0.15) is 11.5 Å². The Balaban J connectivity index is 1.81. The molecule has 0 heterocycles. The lowest BCUT2D eigenvalue weighted by atomic mass is 9.96. The number of nitrogens with one attached hydrogen (secondary N) is 12. The van der Waals surface area contributed by atoms with Crippen molar-refractivity contribution in [2.45, 2.75) is 13.2 Å². The summed E-state index contributed by atoms with van der Waals surface area (Å²) in [6.07, 6.45) is 0. The van der Waals surface area contributed by atoms with Crippen LogP contribution >= 0.6 is 0 Å². The Morgan fingerprint density at radius 1 is 0.290 bits per heavy atom. The number of ether oxygens (including phenoxy) is 6. The van der Waals surface area contributed by atoms with Gasteiger partial charge in [0.2, 0.25) is 0 Å². The highest BCUT2D eigenvalue weighted by atomic mass is 16.5. The van der Waals surface area contributed by atoms with Gasteiger partial charge in [0, 0.05) is 204 Å². The lowest BCUT2D eigenvalue weighted by Gasteiger charge is -2.28. The molecule has 0 spiro atoms. The molecule has 14 N–H and O–H groups in total. The van der Waals surface area contributed by atoms with Crippen LogP contribution in [-0.4, -0.2) is 280 Å². The maximum atomic E-state index is 14.3. The van der Waals surface area contributed by atoms with E-state index >= 15 is 0 Å². The number of aliphatic hydroxyl groups is 2. The van der Waals surface area contributed by atoms with Crippen LogP contribution in [0.4, 0.5) is 0 Å². The summed E-state index contributed by atoms with van der Waals surface area (Å²) in [5.74, 6) is -8.61. The van der Waals surface area contributed by atoms with Gasteiger partial charge >= 0.3 is 0 Å². The molecule has 34 nitrogen and oxygen atoms in total. The molecular weight excluding hydrogens is 1310 g/mol. The second-order valence-corrected chi connectivity index (χ2v) is 21.6. The molecule has 0 radical (unpaired) electrons. The zero-order chi connectivity index (χ0) is 73.8. The predicted octanol–water partition coefficient (Wildman–Crippen LogP) is -2.74. The lowest BCUT2D eigenvalue weighted by Crippen LogP contribution is -2.46. The van der Waals surface area contributed by atoms with Crippen molar-refractivity contribution in [1.82, 2.24) is 73.6 Å². The minimum Gasteiger partial charge on any atom is -0.495 e. The Hall–Kier alpha value is -10.2. The van der Waals surface area contributed by atoms with Crippen molar-refractivity contribution >= 4 is 70.9 Å². The van der Waals surface area contributed by atoms with Gasteiger partial charge in [-0.15, -0.1) is 0 Å². The van der Waals surface area contributed by atoms with Gasteiger partial charge in [-0.05, 0) is 48.5 Å². The van der Waals surface area contributed by atoms with E-state index < -0.39 is 84.1 Å². The third-order valence-electron chi connectivity index (χ3n) is 15.3. The van der Waals surface area contributed by atoms with Crippen LogP contribution in [0.5, 0.6) is 11.5 Å². The summed E-state index contributed by atoms with van der Waals surface area (Å²) < 4.78 is 31.3. The minimum atomic E-state index is -0.788.